The molecule has 3 aromatic carbocycles. The summed E-state index contributed by atoms with van der Waals surface area (Å²) in [7, 11) is 2.03. The highest BCUT2D eigenvalue weighted by Gasteiger charge is 2.38. The van der Waals surface area contributed by atoms with Crippen LogP contribution in [0.1, 0.15) is 11.1 Å². The summed E-state index contributed by atoms with van der Waals surface area (Å²) >= 11 is 0. The lowest BCUT2D eigenvalue weighted by molar-refractivity contribution is -0.192. The van der Waals surface area contributed by atoms with Crippen LogP contribution in [0.5, 0.6) is 0 Å². The topological polar surface area (TPSA) is 95.2 Å². The van der Waals surface area contributed by atoms with Crippen LogP contribution in [0.3, 0.4) is 0 Å². The highest BCUT2D eigenvalue weighted by molar-refractivity contribution is 5.81. The fourth-order valence-electron chi connectivity index (χ4n) is 3.63. The van der Waals surface area contributed by atoms with E-state index < -0.39 is 23.9 Å². The van der Waals surface area contributed by atoms with E-state index in [1.54, 1.807) is 0 Å². The summed E-state index contributed by atoms with van der Waals surface area (Å²) in [5.41, 5.74) is 9.87. The van der Waals surface area contributed by atoms with Crippen molar-refractivity contribution >= 4 is 17.0 Å². The Morgan fingerprint density at radius 2 is 1.55 bits per heavy atom. The number of H-pyrrole nitrogens is 1. The fraction of sp³-hybridized carbons (Fsp3) is 0.231. The van der Waals surface area contributed by atoms with Crippen molar-refractivity contribution in [3.05, 3.63) is 77.9 Å². The predicted octanol–water partition coefficient (Wildman–Crippen LogP) is 5.94. The zero-order valence-corrected chi connectivity index (χ0v) is 20.1. The van der Waals surface area contributed by atoms with Gasteiger partial charge < -0.3 is 20.7 Å². The molecule has 0 saturated carbocycles. The lowest BCUT2D eigenvalue weighted by Crippen LogP contribution is -2.24. The molecule has 0 bridgehead atoms. The Balaban J connectivity index is 0.000000505. The zero-order valence-electron chi connectivity index (χ0n) is 20.1. The number of carbonyl (C=O) groups is 1. The second-order valence-corrected chi connectivity index (χ2v) is 8.43. The van der Waals surface area contributed by atoms with E-state index in [2.05, 4.69) is 27.0 Å². The molecule has 0 aliphatic rings. The lowest BCUT2D eigenvalue weighted by atomic mass is 10.0. The smallest absolute Gasteiger partial charge is 0.475 e. The first-order valence-corrected chi connectivity index (χ1v) is 11.2. The second-order valence-electron chi connectivity index (χ2n) is 8.43. The Bertz CT molecular complexity index is 1400. The lowest BCUT2D eigenvalue weighted by Gasteiger charge is -2.16. The van der Waals surface area contributed by atoms with Crippen molar-refractivity contribution in [1.82, 2.24) is 14.9 Å². The molecule has 4 rings (SSSR count). The monoisotopic (exact) mass is 538 g/mol. The van der Waals surface area contributed by atoms with Crippen molar-refractivity contribution in [1.29, 1.82) is 0 Å². The number of nitrogens with zero attached hydrogens (tertiary/aromatic N) is 2. The molecule has 6 nitrogen and oxygen atoms in total. The van der Waals surface area contributed by atoms with Crippen molar-refractivity contribution < 1.29 is 36.2 Å². The minimum atomic E-state index is -5.08. The summed E-state index contributed by atoms with van der Waals surface area (Å²) in [6.45, 7) is 2.23. The number of nitrogens with two attached hydrogens (primary N) is 1. The van der Waals surface area contributed by atoms with Gasteiger partial charge >= 0.3 is 18.3 Å². The van der Waals surface area contributed by atoms with Gasteiger partial charge in [0.15, 0.2) is 0 Å². The standard InChI is InChI=1S/C24H23F3N4.C2HF3O2/c1-31(11-10-28)15-16-4-2-5-17(12-16)18-6-3-7-19(13-18)23-29-21-9-8-20(24(25,26)27)14-22(21)30-23;3-2(4,5)1(6)7/h2-9,12-14H,10-11,15,28H2,1H3,(H,29,30);(H,6,7). The number of aromatic amines is 1. The molecule has 0 aliphatic carbocycles. The molecule has 0 unspecified atom stereocenters. The van der Waals surface area contributed by atoms with Gasteiger partial charge in [-0.05, 0) is 54.1 Å². The number of likely N-dealkylation sites (N-methyl/N-ethyl adjacent to an activating group) is 1. The molecule has 1 aromatic heterocycles. The van der Waals surface area contributed by atoms with Crippen molar-refractivity contribution in [2.75, 3.05) is 20.1 Å². The van der Waals surface area contributed by atoms with Gasteiger partial charge in [0, 0.05) is 25.2 Å². The molecular weight excluding hydrogens is 514 g/mol. The maximum atomic E-state index is 13.0. The van der Waals surface area contributed by atoms with E-state index in [1.807, 2.05) is 43.4 Å². The number of aliphatic carboxylic acids is 1. The fourth-order valence-corrected chi connectivity index (χ4v) is 3.63. The molecule has 12 heteroatoms. The van der Waals surface area contributed by atoms with Gasteiger partial charge in [-0.15, -0.1) is 0 Å². The average Bonchev–Trinajstić information content (AvgIpc) is 3.27. The maximum Gasteiger partial charge on any atom is 0.490 e. The third-order valence-electron chi connectivity index (χ3n) is 5.41. The van der Waals surface area contributed by atoms with Gasteiger partial charge in [-0.2, -0.15) is 26.3 Å². The van der Waals surface area contributed by atoms with Crippen molar-refractivity contribution in [3.8, 4) is 22.5 Å². The molecule has 0 saturated heterocycles. The molecule has 0 fully saturated rings. The summed E-state index contributed by atoms with van der Waals surface area (Å²) in [6, 6.07) is 19.6. The number of hydrogen-bond donors (Lipinski definition) is 3. The minimum absolute atomic E-state index is 0.361. The van der Waals surface area contributed by atoms with Gasteiger partial charge in [0.2, 0.25) is 0 Å². The van der Waals surface area contributed by atoms with Crippen molar-refractivity contribution in [2.45, 2.75) is 18.9 Å². The number of benzene rings is 3. The number of aromatic nitrogens is 2. The molecule has 0 atom stereocenters. The van der Waals surface area contributed by atoms with Gasteiger partial charge in [0.05, 0.1) is 16.6 Å². The van der Waals surface area contributed by atoms with E-state index in [1.165, 1.54) is 11.6 Å². The van der Waals surface area contributed by atoms with E-state index in [4.69, 9.17) is 15.6 Å². The summed E-state index contributed by atoms with van der Waals surface area (Å²) < 4.78 is 70.7. The SMILES string of the molecule is CN(CCN)Cc1cccc(-c2cccc(-c3nc4ccc(C(F)(F)F)cc4[nH]3)c2)c1.O=C(O)C(F)(F)F. The van der Waals surface area contributed by atoms with Crippen LogP contribution in [-0.2, 0) is 17.5 Å². The maximum absolute atomic E-state index is 13.0. The van der Waals surface area contributed by atoms with Crippen molar-refractivity contribution in [2.24, 2.45) is 5.73 Å². The first-order chi connectivity index (χ1) is 17.8. The number of rotatable bonds is 6. The number of fused-ring (bicyclic) bond motifs is 1. The summed E-state index contributed by atoms with van der Waals surface area (Å²) in [5.74, 6) is -2.22. The molecular formula is C26H24F6N4O2. The Morgan fingerprint density at radius 3 is 2.16 bits per heavy atom. The van der Waals surface area contributed by atoms with Gasteiger partial charge in [0.25, 0.3) is 0 Å². The molecule has 4 aromatic rings. The largest absolute Gasteiger partial charge is 0.490 e. The Hall–Kier alpha value is -3.90. The number of halogens is 6. The van der Waals surface area contributed by atoms with E-state index in [0.29, 0.717) is 23.4 Å². The van der Waals surface area contributed by atoms with E-state index >= 15 is 0 Å². The molecule has 0 radical (unpaired) electrons. The van der Waals surface area contributed by atoms with E-state index in [-0.39, 0.29) is 0 Å². The molecule has 0 amide bonds. The molecule has 0 aliphatic heterocycles. The van der Waals surface area contributed by atoms with Gasteiger partial charge in [-0.1, -0.05) is 36.4 Å². The third-order valence-corrected chi connectivity index (χ3v) is 5.41. The Labute approximate surface area is 213 Å². The van der Waals surface area contributed by atoms with Gasteiger partial charge in [-0.3, -0.25) is 0 Å². The molecule has 4 N–H and O–H groups in total. The zero-order chi connectivity index (χ0) is 28.1. The van der Waals surface area contributed by atoms with Crippen LogP contribution >= 0.6 is 0 Å². The van der Waals surface area contributed by atoms with Crippen LogP contribution in [0, 0.1) is 0 Å². The first kappa shape index (κ1) is 28.7. The number of carboxylic acid groups (broad SMARTS) is 1. The van der Waals surface area contributed by atoms with Gasteiger partial charge in [-0.25, -0.2) is 9.78 Å². The molecule has 202 valence electrons. The van der Waals surface area contributed by atoms with E-state index in [0.717, 1.165) is 41.9 Å². The number of hydrogen-bond acceptors (Lipinski definition) is 4. The minimum Gasteiger partial charge on any atom is -0.475 e. The van der Waals surface area contributed by atoms with E-state index in [9.17, 15) is 26.3 Å². The molecule has 0 spiro atoms. The third kappa shape index (κ3) is 7.56. The van der Waals surface area contributed by atoms with Crippen LogP contribution in [0.2, 0.25) is 0 Å². The highest BCUT2D eigenvalue weighted by atomic mass is 19.4. The summed E-state index contributed by atoms with van der Waals surface area (Å²) in [5, 5.41) is 7.12. The van der Waals surface area contributed by atoms with Crippen LogP contribution in [0.4, 0.5) is 26.3 Å². The quantitative estimate of drug-likeness (QED) is 0.264. The first-order valence-electron chi connectivity index (χ1n) is 11.2. The van der Waals surface area contributed by atoms with Crippen LogP contribution in [-0.4, -0.2) is 52.3 Å². The molecule has 1 heterocycles. The Morgan fingerprint density at radius 1 is 0.947 bits per heavy atom. The Kier molecular flexibility index (Phi) is 8.79. The summed E-state index contributed by atoms with van der Waals surface area (Å²) in [4.78, 5) is 18.6. The number of nitrogens with one attached hydrogen (secondary N) is 1. The number of carboxylic acids is 1. The summed E-state index contributed by atoms with van der Waals surface area (Å²) in [6.07, 6.45) is -9.47. The van der Waals surface area contributed by atoms with Crippen LogP contribution in [0.15, 0.2) is 66.7 Å². The van der Waals surface area contributed by atoms with Crippen LogP contribution < -0.4 is 5.73 Å². The number of alkyl halides is 6. The number of imidazole rings is 1. The van der Waals surface area contributed by atoms with Crippen LogP contribution in [0.25, 0.3) is 33.5 Å². The highest BCUT2D eigenvalue weighted by Crippen LogP contribution is 2.32. The molecule has 38 heavy (non-hydrogen) atoms. The predicted molar refractivity (Wildman–Crippen MR) is 131 cm³/mol. The second kappa shape index (κ2) is 11.7. The normalized spacial score (nSPS) is 11.9. The van der Waals surface area contributed by atoms with Gasteiger partial charge in [0.1, 0.15) is 5.82 Å². The average molecular weight is 538 g/mol. The van der Waals surface area contributed by atoms with Crippen molar-refractivity contribution in [3.63, 3.8) is 0 Å².